The van der Waals surface area contributed by atoms with Crippen LogP contribution in [0.2, 0.25) is 0 Å². The van der Waals surface area contributed by atoms with E-state index in [9.17, 15) is 9.59 Å². The van der Waals surface area contributed by atoms with Gasteiger partial charge in [-0.1, -0.05) is 11.3 Å². The molecule has 2 N–H and O–H groups in total. The van der Waals surface area contributed by atoms with E-state index < -0.39 is 0 Å². The van der Waals surface area contributed by atoms with Crippen molar-refractivity contribution < 1.29 is 9.59 Å². The van der Waals surface area contributed by atoms with Gasteiger partial charge in [0.05, 0.1) is 12.2 Å². The first-order valence-electron chi connectivity index (χ1n) is 5.01. The molecule has 1 aromatic heterocycles. The lowest BCUT2D eigenvalue weighted by molar-refractivity contribution is -0.129. The molecule has 7 heteroatoms. The van der Waals surface area contributed by atoms with E-state index in [0.717, 1.165) is 11.3 Å². The summed E-state index contributed by atoms with van der Waals surface area (Å²) >= 11 is 1.14. The highest BCUT2D eigenvalue weighted by Crippen LogP contribution is 2.20. The Morgan fingerprint density at radius 3 is 2.35 bits per heavy atom. The summed E-state index contributed by atoms with van der Waals surface area (Å²) in [7, 11) is 4.88. The zero-order valence-electron chi connectivity index (χ0n) is 10.4. The fraction of sp³-hybridized carbons (Fsp3) is 0.500. The zero-order chi connectivity index (χ0) is 13.2. The number of likely N-dealkylation sites (N-methyl/N-ethyl adjacent to an activating group) is 2. The van der Waals surface area contributed by atoms with Gasteiger partial charge in [-0.2, -0.15) is 0 Å². The van der Waals surface area contributed by atoms with Gasteiger partial charge in [0.1, 0.15) is 4.88 Å². The highest BCUT2D eigenvalue weighted by atomic mass is 32.1. The number of amides is 2. The minimum absolute atomic E-state index is 0.0447. The van der Waals surface area contributed by atoms with Gasteiger partial charge in [-0.15, -0.1) is 0 Å². The van der Waals surface area contributed by atoms with E-state index >= 15 is 0 Å². The number of hydrogen-bond acceptors (Lipinski definition) is 5. The summed E-state index contributed by atoms with van der Waals surface area (Å²) in [4.78, 5) is 30.8. The number of nitrogen functional groups attached to an aromatic ring is 1. The molecule has 0 radical (unpaired) electrons. The third-order valence-electron chi connectivity index (χ3n) is 2.23. The van der Waals surface area contributed by atoms with Crippen LogP contribution in [0.3, 0.4) is 0 Å². The number of anilines is 1. The lowest BCUT2D eigenvalue weighted by Gasteiger charge is -2.18. The monoisotopic (exact) mass is 256 g/mol. The van der Waals surface area contributed by atoms with Crippen LogP contribution in [0.5, 0.6) is 0 Å². The van der Waals surface area contributed by atoms with Crippen molar-refractivity contribution in [1.82, 2.24) is 14.8 Å². The molecule has 1 aromatic rings. The quantitative estimate of drug-likeness (QED) is 0.837. The van der Waals surface area contributed by atoms with E-state index in [2.05, 4.69) is 4.98 Å². The summed E-state index contributed by atoms with van der Waals surface area (Å²) in [6.07, 6.45) is 0. The van der Waals surface area contributed by atoms with Gasteiger partial charge >= 0.3 is 0 Å². The number of aromatic nitrogens is 1. The second-order valence-electron chi connectivity index (χ2n) is 3.92. The van der Waals surface area contributed by atoms with Gasteiger partial charge in [-0.05, 0) is 6.92 Å². The Hall–Kier alpha value is -1.63. The maximum Gasteiger partial charge on any atom is 0.266 e. The van der Waals surface area contributed by atoms with Crippen molar-refractivity contribution in [2.75, 3.05) is 33.4 Å². The first-order chi connectivity index (χ1) is 7.82. The predicted molar refractivity (Wildman–Crippen MR) is 66.9 cm³/mol. The SMILES string of the molecule is Cc1nc(N)sc1C(=O)N(C)CC(=O)N(C)C. The predicted octanol–water partition coefficient (Wildman–Crippen LogP) is 0.194. The molecule has 6 nitrogen and oxygen atoms in total. The summed E-state index contributed by atoms with van der Waals surface area (Å²) in [6, 6.07) is 0. The third kappa shape index (κ3) is 3.16. The van der Waals surface area contributed by atoms with Crippen LogP contribution in [0, 0.1) is 6.92 Å². The summed E-state index contributed by atoms with van der Waals surface area (Å²) in [6.45, 7) is 1.77. The lowest BCUT2D eigenvalue weighted by Crippen LogP contribution is -2.37. The van der Waals surface area contributed by atoms with E-state index in [1.165, 1.54) is 9.80 Å². The minimum atomic E-state index is -0.230. The molecular formula is C10H16N4O2S. The van der Waals surface area contributed by atoms with Gasteiger partial charge in [-0.25, -0.2) is 4.98 Å². The van der Waals surface area contributed by atoms with Crippen molar-refractivity contribution in [2.45, 2.75) is 6.92 Å². The molecule has 0 saturated heterocycles. The fourth-order valence-corrected chi connectivity index (χ4v) is 2.03. The van der Waals surface area contributed by atoms with Crippen molar-refractivity contribution in [2.24, 2.45) is 0 Å². The summed E-state index contributed by atoms with van der Waals surface area (Å²) < 4.78 is 0. The maximum absolute atomic E-state index is 12.0. The standard InChI is InChI=1S/C10H16N4O2S/c1-6-8(17-10(11)12-6)9(16)14(4)5-7(15)13(2)3/h5H2,1-4H3,(H2,11,12). The first kappa shape index (κ1) is 13.4. The zero-order valence-corrected chi connectivity index (χ0v) is 11.2. The van der Waals surface area contributed by atoms with Gasteiger partial charge in [0.25, 0.3) is 5.91 Å². The molecule has 0 aliphatic heterocycles. The number of aryl methyl sites for hydroxylation is 1. The summed E-state index contributed by atoms with van der Waals surface area (Å²) in [5, 5.41) is 0.359. The van der Waals surface area contributed by atoms with Crippen LogP contribution in [0.1, 0.15) is 15.4 Å². The highest BCUT2D eigenvalue weighted by Gasteiger charge is 2.20. The molecule has 0 aromatic carbocycles. The van der Waals surface area contributed by atoms with Gasteiger partial charge in [-0.3, -0.25) is 9.59 Å². The minimum Gasteiger partial charge on any atom is -0.375 e. The average Bonchev–Trinajstić information content (AvgIpc) is 2.56. The van der Waals surface area contributed by atoms with E-state index in [-0.39, 0.29) is 18.4 Å². The van der Waals surface area contributed by atoms with Gasteiger partial charge in [0.15, 0.2) is 5.13 Å². The molecule has 0 saturated carbocycles. The van der Waals surface area contributed by atoms with Crippen LogP contribution in [0.4, 0.5) is 5.13 Å². The van der Waals surface area contributed by atoms with Crippen LogP contribution in [0.25, 0.3) is 0 Å². The number of carbonyl (C=O) groups is 2. The maximum atomic E-state index is 12.0. The van der Waals surface area contributed by atoms with E-state index in [1.807, 2.05) is 0 Å². The molecule has 1 heterocycles. The fourth-order valence-electron chi connectivity index (χ4n) is 1.21. The summed E-state index contributed by atoms with van der Waals surface area (Å²) in [5.74, 6) is -0.358. The number of rotatable bonds is 3. The number of nitrogens with zero attached hydrogens (tertiary/aromatic N) is 3. The number of carbonyl (C=O) groups excluding carboxylic acids is 2. The Kier molecular flexibility index (Phi) is 4.06. The molecule has 1 rings (SSSR count). The van der Waals surface area contributed by atoms with Crippen LogP contribution in [-0.2, 0) is 4.79 Å². The lowest BCUT2D eigenvalue weighted by atomic mass is 10.3. The highest BCUT2D eigenvalue weighted by molar-refractivity contribution is 7.17. The number of hydrogen-bond donors (Lipinski definition) is 1. The van der Waals surface area contributed by atoms with Gasteiger partial charge in [0.2, 0.25) is 5.91 Å². The molecule has 0 unspecified atom stereocenters. The Bertz CT molecular complexity index is 442. The topological polar surface area (TPSA) is 79.5 Å². The van der Waals surface area contributed by atoms with Gasteiger partial charge in [0, 0.05) is 21.1 Å². The first-order valence-corrected chi connectivity index (χ1v) is 5.83. The van der Waals surface area contributed by atoms with E-state index in [0.29, 0.717) is 15.7 Å². The molecule has 0 atom stereocenters. The third-order valence-corrected chi connectivity index (χ3v) is 3.20. The van der Waals surface area contributed by atoms with Crippen molar-refractivity contribution >= 4 is 28.3 Å². The second-order valence-corrected chi connectivity index (χ2v) is 4.95. The summed E-state index contributed by atoms with van der Waals surface area (Å²) in [5.41, 5.74) is 6.13. The van der Waals surface area contributed by atoms with E-state index in [1.54, 1.807) is 28.1 Å². The average molecular weight is 256 g/mol. The van der Waals surface area contributed by atoms with Crippen molar-refractivity contribution in [3.05, 3.63) is 10.6 Å². The Balaban J connectivity index is 2.77. The molecule has 0 aliphatic rings. The molecule has 17 heavy (non-hydrogen) atoms. The second kappa shape index (κ2) is 5.13. The van der Waals surface area contributed by atoms with Crippen LogP contribution in [0.15, 0.2) is 0 Å². The molecule has 0 aliphatic carbocycles. The molecule has 0 bridgehead atoms. The molecule has 2 amide bonds. The van der Waals surface area contributed by atoms with Crippen LogP contribution in [-0.4, -0.2) is 54.3 Å². The molecular weight excluding hydrogens is 240 g/mol. The Labute approximate surface area is 104 Å². The molecule has 0 spiro atoms. The Morgan fingerprint density at radius 1 is 1.35 bits per heavy atom. The van der Waals surface area contributed by atoms with Crippen molar-refractivity contribution in [1.29, 1.82) is 0 Å². The van der Waals surface area contributed by atoms with Crippen molar-refractivity contribution in [3.63, 3.8) is 0 Å². The van der Waals surface area contributed by atoms with Crippen molar-refractivity contribution in [3.8, 4) is 0 Å². The van der Waals surface area contributed by atoms with Crippen LogP contribution >= 0.6 is 11.3 Å². The number of nitrogens with two attached hydrogens (primary N) is 1. The van der Waals surface area contributed by atoms with E-state index in [4.69, 9.17) is 5.73 Å². The molecule has 0 fully saturated rings. The largest absolute Gasteiger partial charge is 0.375 e. The normalized spacial score (nSPS) is 10.1. The Morgan fingerprint density at radius 2 is 1.94 bits per heavy atom. The van der Waals surface area contributed by atoms with Crippen LogP contribution < -0.4 is 5.73 Å². The van der Waals surface area contributed by atoms with Gasteiger partial charge < -0.3 is 15.5 Å². The number of thiazole rings is 1. The molecule has 94 valence electrons. The smallest absolute Gasteiger partial charge is 0.266 e.